The normalized spacial score (nSPS) is 19.9. The van der Waals surface area contributed by atoms with E-state index in [-0.39, 0.29) is 5.92 Å². The summed E-state index contributed by atoms with van der Waals surface area (Å²) in [5.74, 6) is 0.497. The Morgan fingerprint density at radius 2 is 1.74 bits per heavy atom. The molecule has 2 heterocycles. The summed E-state index contributed by atoms with van der Waals surface area (Å²) in [5, 5.41) is 7.42. The Morgan fingerprint density at radius 1 is 1.06 bits per heavy atom. The molecule has 0 bridgehead atoms. The molecule has 2 aliphatic heterocycles. The lowest BCUT2D eigenvalue weighted by Gasteiger charge is -2.25. The molecular weight excluding hydrogens is 482 g/mol. The van der Waals surface area contributed by atoms with Gasteiger partial charge >= 0.3 is 10.2 Å². The van der Waals surface area contributed by atoms with Gasteiger partial charge < -0.3 is 4.90 Å². The lowest BCUT2D eigenvalue weighted by atomic mass is 9.90. The Labute approximate surface area is 214 Å². The maximum absolute atomic E-state index is 13.2. The smallest absolute Gasteiger partial charge is 0.309 e. The quantitative estimate of drug-likeness (QED) is 0.380. The number of benzene rings is 2. The largest absolute Gasteiger partial charge is 0.324 e. The monoisotopic (exact) mass is 515 g/mol. The zero-order chi connectivity index (χ0) is 24.8. The molecule has 2 aromatic carbocycles. The van der Waals surface area contributed by atoms with Crippen LogP contribution in [0.5, 0.6) is 0 Å². The van der Waals surface area contributed by atoms with Crippen LogP contribution in [0.4, 0.5) is 0 Å². The summed E-state index contributed by atoms with van der Waals surface area (Å²) < 4.78 is 32.3. The average Bonchev–Trinajstić information content (AvgIpc) is 3.30. The average molecular weight is 516 g/mol. The van der Waals surface area contributed by atoms with E-state index in [4.69, 9.17) is 16.7 Å². The van der Waals surface area contributed by atoms with Gasteiger partial charge in [0, 0.05) is 30.5 Å². The molecule has 4 rings (SSSR count). The minimum absolute atomic E-state index is 0.00545. The van der Waals surface area contributed by atoms with E-state index in [0.29, 0.717) is 36.9 Å². The highest BCUT2D eigenvalue weighted by Gasteiger charge is 2.33. The fourth-order valence-electron chi connectivity index (χ4n) is 4.55. The van der Waals surface area contributed by atoms with E-state index in [1.165, 1.54) is 4.31 Å². The minimum atomic E-state index is -3.76. The Balaban J connectivity index is 1.70. The van der Waals surface area contributed by atoms with Crippen LogP contribution in [0.3, 0.4) is 0 Å². The molecule has 0 radical (unpaired) electrons. The van der Waals surface area contributed by atoms with Crippen LogP contribution < -0.4 is 0 Å². The molecule has 7 nitrogen and oxygen atoms in total. The molecule has 1 unspecified atom stereocenters. The third-order valence-corrected chi connectivity index (χ3v) is 8.13. The highest BCUT2D eigenvalue weighted by Crippen LogP contribution is 2.30. The van der Waals surface area contributed by atoms with Gasteiger partial charge in [0.15, 0.2) is 0 Å². The molecule has 2 aromatic rings. The van der Waals surface area contributed by atoms with Crippen LogP contribution >= 0.6 is 11.6 Å². The predicted molar refractivity (Wildman–Crippen MR) is 143 cm³/mol. The highest BCUT2D eigenvalue weighted by molar-refractivity contribution is 7.87. The van der Waals surface area contributed by atoms with Crippen molar-refractivity contribution in [2.45, 2.75) is 38.0 Å². The van der Waals surface area contributed by atoms with Crippen LogP contribution in [-0.2, 0) is 10.2 Å². The van der Waals surface area contributed by atoms with E-state index in [1.807, 2.05) is 56.6 Å². The van der Waals surface area contributed by atoms with Crippen LogP contribution in [-0.4, -0.2) is 74.5 Å². The van der Waals surface area contributed by atoms with Gasteiger partial charge in [0.05, 0.1) is 12.3 Å². The molecule has 0 saturated carbocycles. The summed E-state index contributed by atoms with van der Waals surface area (Å²) >= 11 is 6.14. The summed E-state index contributed by atoms with van der Waals surface area (Å²) in [5.41, 5.74) is 3.00. The van der Waals surface area contributed by atoms with E-state index in [0.717, 1.165) is 49.1 Å². The molecule has 0 spiro atoms. The topological polar surface area (TPSA) is 68.6 Å². The molecule has 1 atom stereocenters. The van der Waals surface area contributed by atoms with Crippen LogP contribution in [0.25, 0.3) is 0 Å². The molecular formula is C26H34ClN5O2S. The Hall–Kier alpha value is -2.26. The van der Waals surface area contributed by atoms with E-state index in [1.54, 1.807) is 5.01 Å². The third-order valence-electron chi connectivity index (χ3n) is 6.42. The SMILES string of the molecule is CN(C)CCC/C(=N\S(=O)(=O)N1CCCCC1)N1CC(c2ccccc2)C(c2ccc(Cl)cc2)=N1. The van der Waals surface area contributed by atoms with Gasteiger partial charge in [-0.1, -0.05) is 60.5 Å². The molecule has 0 amide bonds. The molecule has 0 aliphatic carbocycles. The molecule has 188 valence electrons. The molecule has 0 N–H and O–H groups in total. The van der Waals surface area contributed by atoms with Gasteiger partial charge in [-0.2, -0.15) is 17.8 Å². The number of hydrogen-bond acceptors (Lipinski definition) is 4. The first kappa shape index (κ1) is 25.8. The number of hydrazone groups is 1. The summed E-state index contributed by atoms with van der Waals surface area (Å²) in [4.78, 5) is 2.09. The van der Waals surface area contributed by atoms with Crippen LogP contribution in [0.15, 0.2) is 64.1 Å². The molecule has 9 heteroatoms. The van der Waals surface area contributed by atoms with Crippen molar-refractivity contribution >= 4 is 33.4 Å². The number of nitrogens with zero attached hydrogens (tertiary/aromatic N) is 5. The standard InChI is InChI=1S/C26H34ClN5O2S/c1-30(2)17-9-12-25(29-35(33,34)31-18-7-4-8-19-31)32-20-24(21-10-5-3-6-11-21)26(28-32)22-13-15-23(27)16-14-22/h3,5-6,10-11,13-16,24H,4,7-9,12,17-20H2,1-2H3/b29-25+. The minimum Gasteiger partial charge on any atom is -0.309 e. The number of halogens is 1. The summed E-state index contributed by atoms with van der Waals surface area (Å²) in [6, 6.07) is 17.9. The fraction of sp³-hybridized carbons (Fsp3) is 0.462. The van der Waals surface area contributed by atoms with Crippen molar-refractivity contribution in [2.24, 2.45) is 9.50 Å². The van der Waals surface area contributed by atoms with Gasteiger partial charge in [0.1, 0.15) is 5.84 Å². The van der Waals surface area contributed by atoms with E-state index in [2.05, 4.69) is 21.4 Å². The van der Waals surface area contributed by atoms with Crippen LogP contribution in [0.2, 0.25) is 5.02 Å². The van der Waals surface area contributed by atoms with Crippen molar-refractivity contribution in [3.05, 3.63) is 70.7 Å². The first-order valence-corrected chi connectivity index (χ1v) is 14.0. The Kier molecular flexibility index (Phi) is 8.59. The molecule has 2 aliphatic rings. The summed E-state index contributed by atoms with van der Waals surface area (Å²) in [6.07, 6.45) is 4.14. The second-order valence-corrected chi connectivity index (χ2v) is 11.4. The van der Waals surface area contributed by atoms with Crippen LogP contribution in [0.1, 0.15) is 49.1 Å². The van der Waals surface area contributed by atoms with Gasteiger partial charge in [-0.05, 0) is 63.2 Å². The zero-order valence-corrected chi connectivity index (χ0v) is 22.0. The van der Waals surface area contributed by atoms with Crippen molar-refractivity contribution in [3.8, 4) is 0 Å². The first-order chi connectivity index (χ1) is 16.8. The Bertz CT molecular complexity index is 1140. The number of amidine groups is 1. The van der Waals surface area contributed by atoms with Crippen LogP contribution in [0, 0.1) is 0 Å². The lowest BCUT2D eigenvalue weighted by Crippen LogP contribution is -2.36. The van der Waals surface area contributed by atoms with Gasteiger partial charge in [-0.25, -0.2) is 5.01 Å². The number of rotatable bonds is 8. The van der Waals surface area contributed by atoms with Crippen molar-refractivity contribution in [1.82, 2.24) is 14.2 Å². The van der Waals surface area contributed by atoms with Crippen molar-refractivity contribution in [3.63, 3.8) is 0 Å². The van der Waals surface area contributed by atoms with Crippen molar-refractivity contribution in [2.75, 3.05) is 40.3 Å². The van der Waals surface area contributed by atoms with Crippen molar-refractivity contribution in [1.29, 1.82) is 0 Å². The summed E-state index contributed by atoms with van der Waals surface area (Å²) in [6.45, 7) is 2.44. The second-order valence-electron chi connectivity index (χ2n) is 9.39. The predicted octanol–water partition coefficient (Wildman–Crippen LogP) is 4.61. The number of hydrogen-bond donors (Lipinski definition) is 0. The second kappa shape index (κ2) is 11.6. The summed E-state index contributed by atoms with van der Waals surface area (Å²) in [7, 11) is 0.265. The van der Waals surface area contributed by atoms with E-state index in [9.17, 15) is 8.42 Å². The fourth-order valence-corrected chi connectivity index (χ4v) is 5.97. The maximum atomic E-state index is 13.2. The number of piperidine rings is 1. The Morgan fingerprint density at radius 3 is 2.40 bits per heavy atom. The van der Waals surface area contributed by atoms with E-state index < -0.39 is 10.2 Å². The third kappa shape index (κ3) is 6.70. The zero-order valence-electron chi connectivity index (χ0n) is 20.5. The molecule has 35 heavy (non-hydrogen) atoms. The maximum Gasteiger partial charge on any atom is 0.324 e. The molecule has 1 saturated heterocycles. The van der Waals surface area contributed by atoms with Gasteiger partial charge in [0.2, 0.25) is 0 Å². The van der Waals surface area contributed by atoms with Gasteiger partial charge in [-0.15, -0.1) is 4.40 Å². The molecule has 0 aromatic heterocycles. The van der Waals surface area contributed by atoms with E-state index >= 15 is 0 Å². The van der Waals surface area contributed by atoms with Crippen molar-refractivity contribution < 1.29 is 8.42 Å². The van der Waals surface area contributed by atoms with Gasteiger partial charge in [-0.3, -0.25) is 0 Å². The highest BCUT2D eigenvalue weighted by atomic mass is 35.5. The lowest BCUT2D eigenvalue weighted by molar-refractivity contribution is 0.346. The first-order valence-electron chi connectivity index (χ1n) is 12.2. The van der Waals surface area contributed by atoms with Gasteiger partial charge in [0.25, 0.3) is 0 Å². The molecule has 1 fully saturated rings.